The Morgan fingerprint density at radius 2 is 1.90 bits per heavy atom. The van der Waals surface area contributed by atoms with Crippen molar-refractivity contribution in [3.63, 3.8) is 0 Å². The maximum absolute atomic E-state index is 11.1. The van der Waals surface area contributed by atoms with Crippen LogP contribution in [0.15, 0.2) is 15.9 Å². The molecule has 5 rings (SSSR count). The summed E-state index contributed by atoms with van der Waals surface area (Å²) in [6, 6.07) is 2.11. The van der Waals surface area contributed by atoms with Crippen LogP contribution >= 0.6 is 27.3 Å². The molecule has 4 bridgehead atoms. The van der Waals surface area contributed by atoms with E-state index in [1.807, 2.05) is 0 Å². The van der Waals surface area contributed by atoms with Crippen molar-refractivity contribution in [1.29, 1.82) is 0 Å². The Kier molecular flexibility index (Phi) is 3.21. The van der Waals surface area contributed by atoms with E-state index in [4.69, 9.17) is 0 Å². The fourth-order valence-electron chi connectivity index (χ4n) is 6.77. The highest BCUT2D eigenvalue weighted by molar-refractivity contribution is 9.10. The number of hydrogen-bond donors (Lipinski definition) is 1. The standard InChI is InChI=1S/C18H25BrOS/c1-16-6-12-7-17(2,9-16)11-18(8-12,10-16)15(20)5-14-13(19)3-4-21-14/h3-4,12,15,20H,5-11H2,1-2H3. The summed E-state index contributed by atoms with van der Waals surface area (Å²) in [4.78, 5) is 1.31. The minimum atomic E-state index is -0.172. The third-order valence-corrected chi connectivity index (χ3v) is 8.39. The van der Waals surface area contributed by atoms with E-state index in [9.17, 15) is 5.11 Å². The highest BCUT2D eigenvalue weighted by Gasteiger charge is 2.61. The molecule has 4 saturated carbocycles. The van der Waals surface area contributed by atoms with Crippen LogP contribution in [0.2, 0.25) is 0 Å². The van der Waals surface area contributed by atoms with E-state index in [-0.39, 0.29) is 11.5 Å². The van der Waals surface area contributed by atoms with Gasteiger partial charge >= 0.3 is 0 Å². The molecular weight excluding hydrogens is 344 g/mol. The van der Waals surface area contributed by atoms with Gasteiger partial charge in [0.05, 0.1) is 6.10 Å². The van der Waals surface area contributed by atoms with Gasteiger partial charge in [-0.05, 0) is 88.1 Å². The third-order valence-electron chi connectivity index (χ3n) is 6.45. The lowest BCUT2D eigenvalue weighted by Crippen LogP contribution is -2.59. The van der Waals surface area contributed by atoms with Crippen molar-refractivity contribution in [2.75, 3.05) is 0 Å². The van der Waals surface area contributed by atoms with E-state index < -0.39 is 0 Å². The molecule has 0 saturated heterocycles. The second-order valence-electron chi connectivity index (χ2n) is 8.90. The van der Waals surface area contributed by atoms with Crippen LogP contribution in [-0.4, -0.2) is 11.2 Å². The predicted octanol–water partition coefficient (Wildman–Crippen LogP) is 5.41. The monoisotopic (exact) mass is 368 g/mol. The average molecular weight is 369 g/mol. The molecule has 116 valence electrons. The van der Waals surface area contributed by atoms with Crippen LogP contribution in [-0.2, 0) is 6.42 Å². The number of aliphatic hydroxyl groups excluding tert-OH is 1. The van der Waals surface area contributed by atoms with Crippen molar-refractivity contribution < 1.29 is 5.11 Å². The van der Waals surface area contributed by atoms with E-state index in [1.54, 1.807) is 11.3 Å². The molecule has 1 N–H and O–H groups in total. The molecule has 21 heavy (non-hydrogen) atoms. The second-order valence-corrected chi connectivity index (χ2v) is 10.8. The van der Waals surface area contributed by atoms with Crippen molar-refractivity contribution in [3.8, 4) is 0 Å². The fraction of sp³-hybridized carbons (Fsp3) is 0.778. The molecule has 1 aromatic rings. The summed E-state index contributed by atoms with van der Waals surface area (Å²) in [5.74, 6) is 0.859. The molecule has 0 amide bonds. The largest absolute Gasteiger partial charge is 0.392 e. The summed E-state index contributed by atoms with van der Waals surface area (Å²) in [5, 5.41) is 13.2. The maximum Gasteiger partial charge on any atom is 0.0645 e. The first-order valence-electron chi connectivity index (χ1n) is 8.22. The SMILES string of the molecule is CC12CC3CC(C)(C1)CC(C(O)Cc1sccc1Br)(C3)C2. The zero-order chi connectivity index (χ0) is 14.9. The minimum absolute atomic E-state index is 0.172. The van der Waals surface area contributed by atoms with Gasteiger partial charge in [-0.2, -0.15) is 0 Å². The van der Waals surface area contributed by atoms with E-state index >= 15 is 0 Å². The van der Waals surface area contributed by atoms with Crippen LogP contribution in [0.5, 0.6) is 0 Å². The van der Waals surface area contributed by atoms with Crippen LogP contribution in [0.4, 0.5) is 0 Å². The molecule has 3 unspecified atom stereocenters. The smallest absolute Gasteiger partial charge is 0.0645 e. The number of aliphatic hydroxyl groups is 1. The van der Waals surface area contributed by atoms with Gasteiger partial charge in [0.25, 0.3) is 0 Å². The van der Waals surface area contributed by atoms with Crippen molar-refractivity contribution >= 4 is 27.3 Å². The number of hydrogen-bond acceptors (Lipinski definition) is 2. The normalized spacial score (nSPS) is 46.0. The van der Waals surface area contributed by atoms with Gasteiger partial charge < -0.3 is 5.11 Å². The molecule has 0 radical (unpaired) electrons. The third kappa shape index (κ3) is 2.35. The highest BCUT2D eigenvalue weighted by Crippen LogP contribution is 2.70. The van der Waals surface area contributed by atoms with Crippen LogP contribution in [0, 0.1) is 22.2 Å². The Balaban J connectivity index is 1.63. The maximum atomic E-state index is 11.1. The van der Waals surface area contributed by atoms with Gasteiger partial charge in [-0.1, -0.05) is 13.8 Å². The van der Waals surface area contributed by atoms with Gasteiger partial charge in [0.15, 0.2) is 0 Å². The Labute approximate surface area is 140 Å². The number of thiophene rings is 1. The Morgan fingerprint density at radius 3 is 2.43 bits per heavy atom. The second kappa shape index (κ2) is 4.58. The number of rotatable bonds is 3. The first-order valence-corrected chi connectivity index (χ1v) is 9.89. The van der Waals surface area contributed by atoms with Gasteiger partial charge in [-0.25, -0.2) is 0 Å². The molecule has 1 heterocycles. The Hall–Kier alpha value is 0.140. The quantitative estimate of drug-likeness (QED) is 0.755. The van der Waals surface area contributed by atoms with Gasteiger partial charge in [-0.15, -0.1) is 11.3 Å². The van der Waals surface area contributed by atoms with Crippen LogP contribution in [0.1, 0.15) is 57.2 Å². The molecule has 4 aliphatic rings. The lowest BCUT2D eigenvalue weighted by molar-refractivity contribution is -0.184. The zero-order valence-corrected chi connectivity index (χ0v) is 15.4. The van der Waals surface area contributed by atoms with Crippen LogP contribution < -0.4 is 0 Å². The highest BCUT2D eigenvalue weighted by atomic mass is 79.9. The summed E-state index contributed by atoms with van der Waals surface area (Å²) in [5.41, 5.74) is 1.16. The summed E-state index contributed by atoms with van der Waals surface area (Å²) >= 11 is 5.40. The topological polar surface area (TPSA) is 20.2 Å². The zero-order valence-electron chi connectivity index (χ0n) is 13.0. The summed E-state index contributed by atoms with van der Waals surface area (Å²) < 4.78 is 1.17. The van der Waals surface area contributed by atoms with Crippen molar-refractivity contribution in [2.24, 2.45) is 22.2 Å². The van der Waals surface area contributed by atoms with Crippen molar-refractivity contribution in [1.82, 2.24) is 0 Å². The minimum Gasteiger partial charge on any atom is -0.392 e. The molecule has 1 aromatic heterocycles. The number of halogens is 1. The van der Waals surface area contributed by atoms with Gasteiger partial charge in [-0.3, -0.25) is 0 Å². The molecule has 4 fully saturated rings. The Morgan fingerprint density at radius 1 is 1.24 bits per heavy atom. The first kappa shape index (κ1) is 14.7. The van der Waals surface area contributed by atoms with E-state index in [0.717, 1.165) is 12.3 Å². The summed E-state index contributed by atoms with van der Waals surface area (Å²) in [7, 11) is 0. The van der Waals surface area contributed by atoms with Crippen molar-refractivity contribution in [3.05, 3.63) is 20.8 Å². The molecule has 3 heteroatoms. The Bertz CT molecular complexity index is 547. The van der Waals surface area contributed by atoms with E-state index in [2.05, 4.69) is 41.2 Å². The molecular formula is C18H25BrOS. The molecule has 1 nitrogen and oxygen atoms in total. The van der Waals surface area contributed by atoms with E-state index in [1.165, 1.54) is 47.9 Å². The average Bonchev–Trinajstić information content (AvgIpc) is 2.70. The van der Waals surface area contributed by atoms with Crippen molar-refractivity contribution in [2.45, 2.75) is 64.9 Å². The van der Waals surface area contributed by atoms with Gasteiger partial charge in [0.2, 0.25) is 0 Å². The van der Waals surface area contributed by atoms with Crippen LogP contribution in [0.3, 0.4) is 0 Å². The fourth-order valence-corrected chi connectivity index (χ4v) is 8.32. The summed E-state index contributed by atoms with van der Waals surface area (Å²) in [6.07, 6.45) is 8.61. The van der Waals surface area contributed by atoms with Gasteiger partial charge in [0, 0.05) is 15.8 Å². The molecule has 0 aliphatic heterocycles. The molecule has 3 atom stereocenters. The van der Waals surface area contributed by atoms with Crippen LogP contribution in [0.25, 0.3) is 0 Å². The lowest BCUT2D eigenvalue weighted by Gasteiger charge is -2.66. The first-order chi connectivity index (χ1) is 9.82. The predicted molar refractivity (Wildman–Crippen MR) is 91.6 cm³/mol. The summed E-state index contributed by atoms with van der Waals surface area (Å²) in [6.45, 7) is 4.97. The van der Waals surface area contributed by atoms with E-state index in [0.29, 0.717) is 10.8 Å². The molecule has 0 spiro atoms. The molecule has 0 aromatic carbocycles. The lowest BCUT2D eigenvalue weighted by atomic mass is 9.39. The molecule has 4 aliphatic carbocycles. The van der Waals surface area contributed by atoms with Gasteiger partial charge in [0.1, 0.15) is 0 Å².